The molecule has 9 aromatic heterocycles. The lowest BCUT2D eigenvalue weighted by atomic mass is 9.82. The Morgan fingerprint density at radius 1 is 0.453 bits per heavy atom. The van der Waals surface area contributed by atoms with Crippen LogP contribution >= 0.6 is 68.5 Å². The second kappa shape index (κ2) is 36.2. The third kappa shape index (κ3) is 23.8. The number of rotatable bonds is 19. The van der Waals surface area contributed by atoms with E-state index in [2.05, 4.69) is 85.8 Å². The van der Waals surface area contributed by atoms with Gasteiger partial charge in [-0.2, -0.15) is 0 Å². The minimum atomic E-state index is -2.68. The highest BCUT2D eigenvalue weighted by atomic mass is 35.5. The summed E-state index contributed by atoms with van der Waals surface area (Å²) in [6.45, 7) is -2.01. The smallest absolute Gasteiger partial charge is 0.310 e. The zero-order chi connectivity index (χ0) is 75.7. The number of carboxylic acids is 1. The number of carbonyl (C=O) groups is 5. The van der Waals surface area contributed by atoms with Gasteiger partial charge in [-0.1, -0.05) is 112 Å². The fourth-order valence-electron chi connectivity index (χ4n) is 11.5. The van der Waals surface area contributed by atoms with E-state index in [1.165, 1.54) is 105 Å². The molecule has 5 aliphatic rings. The Hall–Kier alpha value is -9.50. The normalized spacial score (nSPS) is 18.6. The molecule has 2 saturated carbocycles. The summed E-state index contributed by atoms with van der Waals surface area (Å²) in [7, 11) is 2.66. The number of pyridine rings is 5. The van der Waals surface area contributed by atoms with Crippen LogP contribution in [0.2, 0.25) is 10.3 Å². The molecule has 2 aliphatic carbocycles. The summed E-state index contributed by atoms with van der Waals surface area (Å²) in [6.07, 6.45) is 16.1. The van der Waals surface area contributed by atoms with Crippen LogP contribution in [0.4, 0.5) is 64.3 Å². The quantitative estimate of drug-likeness (QED) is 0.0285. The van der Waals surface area contributed by atoms with Gasteiger partial charge in [-0.05, 0) is 96.7 Å². The van der Waals surface area contributed by atoms with Crippen molar-refractivity contribution < 1.29 is 64.9 Å². The van der Waals surface area contributed by atoms with Crippen molar-refractivity contribution in [3.05, 3.63) is 150 Å². The number of carboxylic acid groups (broad SMARTS) is 1. The number of ether oxygens (including phenoxy) is 2. The first-order valence-corrected chi connectivity index (χ1v) is 36.9. The number of amides is 2. The van der Waals surface area contributed by atoms with E-state index in [1.54, 1.807) is 66.9 Å². The summed E-state index contributed by atoms with van der Waals surface area (Å²) in [5.74, 6) is -7.44. The lowest BCUT2D eigenvalue weighted by molar-refractivity contribution is -0.140. The summed E-state index contributed by atoms with van der Waals surface area (Å²) in [6, 6.07) is 16.6. The van der Waals surface area contributed by atoms with Crippen molar-refractivity contribution in [1.82, 2.24) is 65.7 Å². The Bertz CT molecular complexity index is 4230. The topological polar surface area (TPSA) is 377 Å². The summed E-state index contributed by atoms with van der Waals surface area (Å²) >= 11 is 16.7. The van der Waals surface area contributed by atoms with Gasteiger partial charge in [-0.15, -0.1) is 40.8 Å². The second-order valence-electron chi connectivity index (χ2n) is 25.2. The van der Waals surface area contributed by atoms with E-state index in [0.29, 0.717) is 82.4 Å². The molecule has 0 bridgehead atoms. The first kappa shape index (κ1) is 79.1. The maximum absolute atomic E-state index is 13.1. The molecule has 0 unspecified atom stereocenters. The number of hydrogen-bond donors (Lipinski definition) is 5. The Morgan fingerprint density at radius 2 is 0.755 bits per heavy atom. The number of alkyl halides is 6. The minimum Gasteiger partial charge on any atom is -0.481 e. The number of halogens is 8. The van der Waals surface area contributed by atoms with Crippen LogP contribution in [0.1, 0.15) is 123 Å². The summed E-state index contributed by atoms with van der Waals surface area (Å²) in [5, 5.41) is 53.5. The van der Waals surface area contributed by atoms with Crippen molar-refractivity contribution in [2.75, 3.05) is 90.3 Å². The van der Waals surface area contributed by atoms with Crippen LogP contribution in [0.3, 0.4) is 0 Å². The second-order valence-corrected chi connectivity index (χ2v) is 30.1. The molecule has 14 rings (SSSR count). The van der Waals surface area contributed by atoms with Crippen molar-refractivity contribution in [3.63, 3.8) is 0 Å². The number of aromatic nitrogens is 13. The van der Waals surface area contributed by atoms with E-state index in [1.807, 2.05) is 0 Å². The molecule has 0 radical (unpaired) electrons. The van der Waals surface area contributed by atoms with Gasteiger partial charge in [0, 0.05) is 54.7 Å². The zero-order valence-electron chi connectivity index (χ0n) is 56.7. The molecule has 40 heteroatoms. The van der Waals surface area contributed by atoms with Gasteiger partial charge in [0.1, 0.15) is 47.8 Å². The molecule has 106 heavy (non-hydrogen) atoms. The van der Waals surface area contributed by atoms with E-state index < -0.39 is 23.7 Å². The summed E-state index contributed by atoms with van der Waals surface area (Å²) in [5.41, 5.74) is 14.7. The lowest BCUT2D eigenvalue weighted by Gasteiger charge is -2.39. The molecular formula is C66H70Cl2F6N20O8S4. The van der Waals surface area contributed by atoms with Crippen LogP contribution in [0.15, 0.2) is 91.6 Å². The summed E-state index contributed by atoms with van der Waals surface area (Å²) < 4.78 is 86.8. The van der Waals surface area contributed by atoms with Crippen LogP contribution in [0, 0.1) is 0 Å². The van der Waals surface area contributed by atoms with Gasteiger partial charge in [-0.3, -0.25) is 24.0 Å². The number of methoxy groups -OCH3 is 2. The molecule has 2 amide bonds. The SMILES string of the molecule is COC(=O)Cc1ccc(Cl)nc1.COC(=O)Cc1ccc(N2CC(F)(F)C2)nc1.Nc1nnc([C@H]2CCC[C@H](c3nnc(N)s3)C2)s1.O=C(Cc1ccc(N2CC(F)(F)C2)nc1)Nc1nnc([C@H]2CCC[C@H](c3nnc(NC(=O)Cc4ccc(N5CC(F)(F)C5)nc4)s3)C2)s1.O=C(O)Cc1ccc(Cl)nc1. The molecular weight excluding hydrogens is 1510 g/mol. The molecule has 0 spiro atoms. The van der Waals surface area contributed by atoms with E-state index in [9.17, 15) is 50.3 Å². The fourth-order valence-corrected chi connectivity index (χ4v) is 15.1. The molecule has 12 heterocycles. The van der Waals surface area contributed by atoms with Crippen molar-refractivity contribution >= 4 is 136 Å². The van der Waals surface area contributed by atoms with Crippen LogP contribution in [0.25, 0.3) is 0 Å². The molecule has 28 nitrogen and oxygen atoms in total. The zero-order valence-corrected chi connectivity index (χ0v) is 61.5. The van der Waals surface area contributed by atoms with Crippen molar-refractivity contribution in [3.8, 4) is 0 Å². The van der Waals surface area contributed by atoms with Crippen LogP contribution < -0.4 is 36.8 Å². The van der Waals surface area contributed by atoms with Gasteiger partial charge in [-0.25, -0.2) is 51.3 Å². The minimum absolute atomic E-state index is 0.00975. The number of anilines is 7. The highest BCUT2D eigenvalue weighted by Crippen LogP contribution is 2.45. The van der Waals surface area contributed by atoms with Crippen LogP contribution in [-0.4, -0.2) is 172 Å². The largest absolute Gasteiger partial charge is 0.481 e. The van der Waals surface area contributed by atoms with Crippen molar-refractivity contribution in [2.24, 2.45) is 0 Å². The maximum Gasteiger partial charge on any atom is 0.310 e. The van der Waals surface area contributed by atoms with Gasteiger partial charge in [0.2, 0.25) is 32.3 Å². The van der Waals surface area contributed by atoms with Gasteiger partial charge < -0.3 is 51.4 Å². The molecule has 5 fully saturated rings. The number of nitrogens with two attached hydrogens (primary N) is 2. The number of nitrogens with one attached hydrogen (secondary N) is 2. The Balaban J connectivity index is 0.000000168. The van der Waals surface area contributed by atoms with Crippen LogP contribution in [-0.2, 0) is 65.6 Å². The van der Waals surface area contributed by atoms with E-state index >= 15 is 0 Å². The summed E-state index contributed by atoms with van der Waals surface area (Å²) in [4.78, 5) is 81.7. The number of esters is 2. The number of hydrogen-bond acceptors (Lipinski definition) is 29. The van der Waals surface area contributed by atoms with Gasteiger partial charge in [0.25, 0.3) is 17.8 Å². The van der Waals surface area contributed by atoms with Crippen LogP contribution in [0.5, 0.6) is 0 Å². The van der Waals surface area contributed by atoms with Crippen molar-refractivity contribution in [2.45, 2.75) is 125 Å². The molecule has 0 aromatic carbocycles. The average molecular weight is 1580 g/mol. The van der Waals surface area contributed by atoms with E-state index in [0.717, 1.165) is 70.5 Å². The highest BCUT2D eigenvalue weighted by molar-refractivity contribution is 7.16. The monoisotopic (exact) mass is 1580 g/mol. The fraction of sp³-hybridized carbons (Fsp3) is 0.424. The van der Waals surface area contributed by atoms with Gasteiger partial charge in [0.05, 0.1) is 85.6 Å². The average Bonchev–Trinajstić information content (AvgIpc) is 1.25. The number of nitrogen functional groups attached to an aromatic ring is 2. The first-order chi connectivity index (χ1) is 50.6. The van der Waals surface area contributed by atoms with E-state index in [-0.39, 0.29) is 107 Å². The molecule has 9 aromatic rings. The van der Waals surface area contributed by atoms with Gasteiger partial charge >= 0.3 is 17.9 Å². The lowest BCUT2D eigenvalue weighted by Crippen LogP contribution is -2.56. The maximum atomic E-state index is 13.1. The predicted molar refractivity (Wildman–Crippen MR) is 386 cm³/mol. The Morgan fingerprint density at radius 3 is 1.03 bits per heavy atom. The molecule has 3 aliphatic heterocycles. The number of nitrogens with zero attached hydrogens (tertiary/aromatic N) is 16. The molecule has 562 valence electrons. The van der Waals surface area contributed by atoms with Gasteiger partial charge in [0.15, 0.2) is 0 Å². The molecule has 7 N–H and O–H groups in total. The molecule has 4 atom stereocenters. The van der Waals surface area contributed by atoms with Crippen molar-refractivity contribution in [1.29, 1.82) is 0 Å². The third-order valence-electron chi connectivity index (χ3n) is 16.8. The number of aliphatic carboxylic acids is 1. The number of carbonyl (C=O) groups excluding carboxylic acids is 4. The predicted octanol–water partition coefficient (Wildman–Crippen LogP) is 11.0. The molecule has 3 saturated heterocycles. The standard InChI is InChI=1S/C30H30F4N10O2S2.C11H12F2N2O2.C10H14N6S2.C8H8ClNO2.C7H6ClNO2/c31-29(32)13-43(14-29)21-6-4-17(11-35-21)8-23(45)37-27-41-39-25(47-27)19-2-1-3-20(10-19)26-40-42-28(48-26)38-24(46)9-18-5-7-22(36-12-18)44-15-30(33,34)16-44;1-17-10(16)4-8-2-3-9(14-5-8)15-6-11(12,13)7-15;11-9-15-13-7(17-9)5-2-1-3-6(4-5)8-14-16-10(12)18-8;1-12-8(11)4-6-2-3-7(9)10-5-6;8-6-2-1-5(4-9-6)3-7(10)11/h4-7,11-12,19-20H,1-3,8-10,13-16H2,(H,37,41,45)(H,38,42,46);2-3,5H,4,6-7H2,1H3;5-6H,1-4H2,(H2,11,15)(H2,12,16);2-3,5H,4H2,1H3;1-2,4H,3H2,(H,10,11)/t19-,20-;;5-,6-;;/m0.0../s1. The van der Waals surface area contributed by atoms with E-state index in [4.69, 9.17) is 39.8 Å². The third-order valence-corrected chi connectivity index (χ3v) is 21.1. The Kier molecular flexibility index (Phi) is 27.0. The Labute approximate surface area is 628 Å². The highest BCUT2D eigenvalue weighted by Gasteiger charge is 2.46. The first-order valence-electron chi connectivity index (χ1n) is 32.8.